The van der Waals surface area contributed by atoms with Crippen LogP contribution in [0.25, 0.3) is 0 Å². The van der Waals surface area contributed by atoms with Crippen molar-refractivity contribution in [2.24, 2.45) is 10.6 Å². The van der Waals surface area contributed by atoms with Gasteiger partial charge in [0.2, 0.25) is 0 Å². The molecule has 170 valence electrons. The third kappa shape index (κ3) is 8.62. The molecule has 0 spiro atoms. The molecule has 2 fully saturated rings. The zero-order chi connectivity index (χ0) is 21.6. The maximum Gasteiger partial charge on any atom is 0.340 e. The largest absolute Gasteiger partial charge is 0.340 e. The van der Waals surface area contributed by atoms with Crippen LogP contribution in [0.3, 0.4) is 0 Å². The van der Waals surface area contributed by atoms with Crippen LogP contribution < -0.4 is 10.6 Å². The molecule has 0 aromatic rings. The van der Waals surface area contributed by atoms with Crippen molar-refractivity contribution >= 4 is 12.1 Å². The summed E-state index contributed by atoms with van der Waals surface area (Å²) in [6.45, 7) is 0.528. The second-order valence-electron chi connectivity index (χ2n) is 8.39. The van der Waals surface area contributed by atoms with Crippen LogP contribution >= 0.6 is 0 Å². The van der Waals surface area contributed by atoms with Crippen LogP contribution in [-0.4, -0.2) is 47.3 Å². The summed E-state index contributed by atoms with van der Waals surface area (Å²) in [5.74, 6) is 0. The maximum absolute atomic E-state index is 12.2. The summed E-state index contributed by atoms with van der Waals surface area (Å²) in [6, 6.07) is -0.575. The highest BCUT2D eigenvalue weighted by atomic mass is 16.3. The van der Waals surface area contributed by atoms with E-state index in [0.717, 1.165) is 74.2 Å². The van der Waals surface area contributed by atoms with Crippen LogP contribution in [0.4, 0.5) is 9.59 Å². The van der Waals surface area contributed by atoms with Crippen LogP contribution in [0, 0.1) is 9.81 Å². The highest BCUT2D eigenvalue weighted by Crippen LogP contribution is 2.18. The van der Waals surface area contributed by atoms with E-state index in [1.165, 1.54) is 12.8 Å². The zero-order valence-corrected chi connectivity index (χ0v) is 17.9. The van der Waals surface area contributed by atoms with Gasteiger partial charge in [0.05, 0.1) is 10.6 Å². The van der Waals surface area contributed by atoms with Crippen molar-refractivity contribution in [3.8, 4) is 0 Å². The molecule has 2 aliphatic carbocycles. The van der Waals surface area contributed by atoms with E-state index in [-0.39, 0.29) is 25.2 Å². The molecule has 0 atom stereocenters. The molecule has 2 saturated carbocycles. The Balaban J connectivity index is 1.57. The number of nitroso groups, excluding NO2 is 2. The molecule has 0 radical (unpaired) electrons. The lowest BCUT2D eigenvalue weighted by Gasteiger charge is -2.25. The molecule has 4 amide bonds. The molecule has 0 aromatic carbocycles. The number of nitrogens with zero attached hydrogens (tertiary/aromatic N) is 4. The van der Waals surface area contributed by atoms with Crippen molar-refractivity contribution in [1.29, 1.82) is 0 Å². The van der Waals surface area contributed by atoms with Crippen LogP contribution in [0.2, 0.25) is 0 Å². The third-order valence-corrected chi connectivity index (χ3v) is 6.02. The third-order valence-electron chi connectivity index (χ3n) is 6.02. The predicted octanol–water partition coefficient (Wildman–Crippen LogP) is 4.60. The number of carbonyl (C=O) groups is 2. The minimum Gasteiger partial charge on any atom is -0.334 e. The normalized spacial score (nSPS) is 17.7. The minimum absolute atomic E-state index is 0.136. The summed E-state index contributed by atoms with van der Waals surface area (Å²) in [7, 11) is 0. The first-order chi connectivity index (χ1) is 14.6. The Kier molecular flexibility index (Phi) is 11.1. The average molecular weight is 425 g/mol. The lowest BCUT2D eigenvalue weighted by molar-refractivity contribution is 0.187. The Morgan fingerprint density at radius 1 is 0.633 bits per heavy atom. The molecule has 0 aliphatic heterocycles. The van der Waals surface area contributed by atoms with E-state index >= 15 is 0 Å². The van der Waals surface area contributed by atoms with Crippen LogP contribution in [-0.2, 0) is 0 Å². The van der Waals surface area contributed by atoms with Crippen molar-refractivity contribution in [1.82, 2.24) is 20.7 Å². The molecule has 0 heterocycles. The Hall–Kier alpha value is -2.26. The van der Waals surface area contributed by atoms with E-state index in [4.69, 9.17) is 0 Å². The van der Waals surface area contributed by atoms with E-state index in [9.17, 15) is 19.4 Å². The van der Waals surface area contributed by atoms with Gasteiger partial charge in [0, 0.05) is 25.2 Å². The lowest BCUT2D eigenvalue weighted by atomic mass is 9.96. The van der Waals surface area contributed by atoms with Gasteiger partial charge in [-0.1, -0.05) is 51.4 Å². The van der Waals surface area contributed by atoms with Gasteiger partial charge in [-0.25, -0.2) is 9.59 Å². The first-order valence-electron chi connectivity index (χ1n) is 11.5. The van der Waals surface area contributed by atoms with E-state index in [0.29, 0.717) is 12.8 Å². The zero-order valence-electron chi connectivity index (χ0n) is 17.9. The Morgan fingerprint density at radius 3 is 1.33 bits per heavy atom. The summed E-state index contributed by atoms with van der Waals surface area (Å²) >= 11 is 0. The number of urea groups is 2. The fourth-order valence-corrected chi connectivity index (χ4v) is 4.23. The highest BCUT2D eigenvalue weighted by molar-refractivity contribution is 5.74. The molecule has 2 N–H and O–H groups in total. The van der Waals surface area contributed by atoms with Gasteiger partial charge in [-0.2, -0.15) is 10.0 Å². The second-order valence-corrected chi connectivity index (χ2v) is 8.39. The quantitative estimate of drug-likeness (QED) is 0.286. The van der Waals surface area contributed by atoms with Crippen molar-refractivity contribution in [2.45, 2.75) is 102 Å². The highest BCUT2D eigenvalue weighted by Gasteiger charge is 2.21. The Morgan fingerprint density at radius 2 is 1.00 bits per heavy atom. The lowest BCUT2D eigenvalue weighted by Crippen LogP contribution is -2.43. The summed E-state index contributed by atoms with van der Waals surface area (Å²) in [5, 5.41) is 13.4. The molecule has 10 nitrogen and oxygen atoms in total. The topological polar surface area (TPSA) is 124 Å². The van der Waals surface area contributed by atoms with E-state index < -0.39 is 12.1 Å². The van der Waals surface area contributed by atoms with Crippen LogP contribution in [0.1, 0.15) is 89.9 Å². The molecule has 0 bridgehead atoms. The number of hydrogen-bond acceptors (Lipinski definition) is 6. The monoisotopic (exact) mass is 424 g/mol. The molecule has 10 heteroatoms. The standard InChI is InChI=1S/C20H36N6O4/c27-19(21-17-11-5-3-6-12-17)25(23-29)15-9-1-2-10-16-26(24-30)20(28)22-18-13-7-4-8-14-18/h17-18H,1-16H2,(H,21,27)(H,22,28). The number of nitrogens with one attached hydrogen (secondary N) is 2. The molecule has 30 heavy (non-hydrogen) atoms. The average Bonchev–Trinajstić information content (AvgIpc) is 2.77. The van der Waals surface area contributed by atoms with Gasteiger partial charge in [0.25, 0.3) is 0 Å². The van der Waals surface area contributed by atoms with Crippen molar-refractivity contribution < 1.29 is 9.59 Å². The number of unbranched alkanes of at least 4 members (excludes halogenated alkanes) is 3. The van der Waals surface area contributed by atoms with Crippen LogP contribution in [0.15, 0.2) is 10.6 Å². The number of hydrogen-bond donors (Lipinski definition) is 2. The molecule has 0 unspecified atom stereocenters. The smallest absolute Gasteiger partial charge is 0.334 e. The van der Waals surface area contributed by atoms with Gasteiger partial charge in [-0.15, -0.1) is 9.81 Å². The molecule has 2 aliphatic rings. The van der Waals surface area contributed by atoms with E-state index in [1.54, 1.807) is 0 Å². The van der Waals surface area contributed by atoms with Crippen LogP contribution in [0.5, 0.6) is 0 Å². The first kappa shape index (κ1) is 24.0. The van der Waals surface area contributed by atoms with Crippen molar-refractivity contribution in [3.63, 3.8) is 0 Å². The van der Waals surface area contributed by atoms with Gasteiger partial charge in [0.1, 0.15) is 0 Å². The van der Waals surface area contributed by atoms with Gasteiger partial charge >= 0.3 is 12.1 Å². The van der Waals surface area contributed by atoms with Gasteiger partial charge in [-0.3, -0.25) is 0 Å². The Bertz CT molecular complexity index is 501. The summed E-state index contributed by atoms with van der Waals surface area (Å²) in [4.78, 5) is 46.3. The fraction of sp³-hybridized carbons (Fsp3) is 0.900. The SMILES string of the molecule is O=NN(CCCCCCN(N=O)C(=O)NC1CCCCC1)C(=O)NC1CCCCC1. The first-order valence-corrected chi connectivity index (χ1v) is 11.5. The summed E-state index contributed by atoms with van der Waals surface area (Å²) < 4.78 is 0. The predicted molar refractivity (Wildman–Crippen MR) is 114 cm³/mol. The Labute approximate surface area is 178 Å². The summed E-state index contributed by atoms with van der Waals surface area (Å²) in [6.07, 6.45) is 13.4. The molecule has 0 aromatic heterocycles. The fourth-order valence-electron chi connectivity index (χ4n) is 4.23. The van der Waals surface area contributed by atoms with E-state index in [1.807, 2.05) is 0 Å². The van der Waals surface area contributed by atoms with E-state index in [2.05, 4.69) is 21.2 Å². The second kappa shape index (κ2) is 13.9. The molecule has 2 rings (SSSR count). The number of rotatable bonds is 11. The maximum atomic E-state index is 12.2. The van der Waals surface area contributed by atoms with Crippen molar-refractivity contribution in [3.05, 3.63) is 9.81 Å². The summed E-state index contributed by atoms with van der Waals surface area (Å²) in [5.41, 5.74) is 0. The van der Waals surface area contributed by atoms with Gasteiger partial charge in [-0.05, 0) is 38.5 Å². The molecular formula is C20H36N6O4. The minimum atomic E-state index is -0.424. The van der Waals surface area contributed by atoms with Crippen molar-refractivity contribution in [2.75, 3.05) is 13.1 Å². The van der Waals surface area contributed by atoms with Gasteiger partial charge in [0.15, 0.2) is 0 Å². The number of carbonyl (C=O) groups excluding carboxylic acids is 2. The molecule has 0 saturated heterocycles. The van der Waals surface area contributed by atoms with Gasteiger partial charge < -0.3 is 10.6 Å². The molecular weight excluding hydrogens is 388 g/mol. The number of amides is 4.